The summed E-state index contributed by atoms with van der Waals surface area (Å²) in [5, 5.41) is 10.2. The molecule has 2 unspecified atom stereocenters. The molecule has 0 aliphatic rings. The number of rotatable bonds is 6. The summed E-state index contributed by atoms with van der Waals surface area (Å²) in [7, 11) is 0. The van der Waals surface area contributed by atoms with Crippen molar-refractivity contribution in [2.45, 2.75) is 52.1 Å². The quantitative estimate of drug-likeness (QED) is 0.769. The monoisotopic (exact) mass is 220 g/mol. The van der Waals surface area contributed by atoms with E-state index < -0.39 is 0 Å². The fraction of sp³-hybridized carbons (Fsp3) is 0.600. The van der Waals surface area contributed by atoms with Crippen molar-refractivity contribution in [1.29, 1.82) is 0 Å². The first-order valence-electron chi connectivity index (χ1n) is 6.38. The Balaban J connectivity index is 2.60. The molecule has 90 valence electrons. The molecule has 0 heterocycles. The average molecular weight is 220 g/mol. The highest BCUT2D eigenvalue weighted by molar-refractivity contribution is 5.20. The number of hydrogen-bond donors (Lipinski definition) is 1. The minimum Gasteiger partial charge on any atom is -0.392 e. The predicted octanol–water partition coefficient (Wildman–Crippen LogP) is 3.98. The first-order chi connectivity index (χ1) is 7.65. The molecule has 0 amide bonds. The Kier molecular flexibility index (Phi) is 5.54. The van der Waals surface area contributed by atoms with Crippen LogP contribution in [0.3, 0.4) is 0 Å². The third kappa shape index (κ3) is 3.97. The van der Waals surface area contributed by atoms with Gasteiger partial charge in [-0.25, -0.2) is 0 Å². The SMILES string of the molecule is CCC(c1ccccc1)C(O)CCC(C)C. The van der Waals surface area contributed by atoms with E-state index in [2.05, 4.69) is 32.9 Å². The van der Waals surface area contributed by atoms with Gasteiger partial charge in [0.25, 0.3) is 0 Å². The zero-order chi connectivity index (χ0) is 12.0. The van der Waals surface area contributed by atoms with Gasteiger partial charge < -0.3 is 5.11 Å². The van der Waals surface area contributed by atoms with Gasteiger partial charge in [-0.2, -0.15) is 0 Å². The van der Waals surface area contributed by atoms with Crippen LogP contribution in [0.1, 0.15) is 51.5 Å². The Morgan fingerprint density at radius 2 is 1.69 bits per heavy atom. The number of aliphatic hydroxyl groups excluding tert-OH is 1. The Bertz CT molecular complexity index is 279. The van der Waals surface area contributed by atoms with Crippen molar-refractivity contribution in [2.75, 3.05) is 0 Å². The van der Waals surface area contributed by atoms with Crippen LogP contribution in [-0.4, -0.2) is 11.2 Å². The van der Waals surface area contributed by atoms with Gasteiger partial charge in [0.1, 0.15) is 0 Å². The van der Waals surface area contributed by atoms with Crippen molar-refractivity contribution in [1.82, 2.24) is 0 Å². The van der Waals surface area contributed by atoms with Crippen LogP contribution < -0.4 is 0 Å². The highest BCUT2D eigenvalue weighted by Gasteiger charge is 2.18. The van der Waals surface area contributed by atoms with Gasteiger partial charge in [-0.15, -0.1) is 0 Å². The van der Waals surface area contributed by atoms with E-state index in [0.717, 1.165) is 19.3 Å². The topological polar surface area (TPSA) is 20.2 Å². The van der Waals surface area contributed by atoms with Crippen molar-refractivity contribution in [2.24, 2.45) is 5.92 Å². The van der Waals surface area contributed by atoms with Crippen LogP contribution in [0.15, 0.2) is 30.3 Å². The molecule has 1 aromatic carbocycles. The highest BCUT2D eigenvalue weighted by atomic mass is 16.3. The summed E-state index contributed by atoms with van der Waals surface area (Å²) in [4.78, 5) is 0. The van der Waals surface area contributed by atoms with Gasteiger partial charge in [0, 0.05) is 5.92 Å². The molecule has 0 saturated heterocycles. The second-order valence-corrected chi connectivity index (χ2v) is 4.96. The second kappa shape index (κ2) is 6.70. The third-order valence-corrected chi connectivity index (χ3v) is 3.17. The molecule has 0 aliphatic heterocycles. The maximum absolute atomic E-state index is 10.2. The Morgan fingerprint density at radius 3 is 2.19 bits per heavy atom. The van der Waals surface area contributed by atoms with E-state index in [4.69, 9.17) is 0 Å². The lowest BCUT2D eigenvalue weighted by Gasteiger charge is -2.22. The van der Waals surface area contributed by atoms with E-state index >= 15 is 0 Å². The summed E-state index contributed by atoms with van der Waals surface area (Å²) in [5.41, 5.74) is 1.27. The second-order valence-electron chi connectivity index (χ2n) is 4.96. The van der Waals surface area contributed by atoms with Gasteiger partial charge in [-0.1, -0.05) is 51.1 Å². The summed E-state index contributed by atoms with van der Waals surface area (Å²) in [6.07, 6.45) is 2.81. The lowest BCUT2D eigenvalue weighted by molar-refractivity contribution is 0.124. The molecule has 0 aromatic heterocycles. The maximum Gasteiger partial charge on any atom is 0.0608 e. The van der Waals surface area contributed by atoms with Gasteiger partial charge in [-0.3, -0.25) is 0 Å². The van der Waals surface area contributed by atoms with Crippen molar-refractivity contribution in [3.63, 3.8) is 0 Å². The molecule has 1 aromatic rings. The van der Waals surface area contributed by atoms with Crippen LogP contribution in [0.25, 0.3) is 0 Å². The van der Waals surface area contributed by atoms with E-state index in [-0.39, 0.29) is 6.10 Å². The maximum atomic E-state index is 10.2. The standard InChI is InChI=1S/C15H24O/c1-4-14(13-8-6-5-7-9-13)15(16)11-10-12(2)3/h5-9,12,14-16H,4,10-11H2,1-3H3. The molecule has 0 bridgehead atoms. The van der Waals surface area contributed by atoms with E-state index in [1.807, 2.05) is 18.2 Å². The zero-order valence-corrected chi connectivity index (χ0v) is 10.7. The number of benzene rings is 1. The minimum atomic E-state index is -0.199. The van der Waals surface area contributed by atoms with Crippen LogP contribution in [-0.2, 0) is 0 Å². The van der Waals surface area contributed by atoms with E-state index in [9.17, 15) is 5.11 Å². The van der Waals surface area contributed by atoms with Crippen molar-refractivity contribution in [3.8, 4) is 0 Å². The highest BCUT2D eigenvalue weighted by Crippen LogP contribution is 2.26. The zero-order valence-electron chi connectivity index (χ0n) is 10.7. The smallest absolute Gasteiger partial charge is 0.0608 e. The minimum absolute atomic E-state index is 0.199. The summed E-state index contributed by atoms with van der Waals surface area (Å²) < 4.78 is 0. The van der Waals surface area contributed by atoms with Gasteiger partial charge >= 0.3 is 0 Å². The van der Waals surface area contributed by atoms with Gasteiger partial charge in [0.05, 0.1) is 6.10 Å². The van der Waals surface area contributed by atoms with Crippen LogP contribution in [0, 0.1) is 5.92 Å². The lowest BCUT2D eigenvalue weighted by Crippen LogP contribution is -2.18. The molecule has 0 saturated carbocycles. The summed E-state index contributed by atoms with van der Waals surface area (Å²) in [6.45, 7) is 6.56. The molecule has 16 heavy (non-hydrogen) atoms. The first kappa shape index (κ1) is 13.2. The fourth-order valence-electron chi connectivity index (χ4n) is 2.14. The molecule has 2 atom stereocenters. The molecule has 1 N–H and O–H groups in total. The lowest BCUT2D eigenvalue weighted by atomic mass is 9.87. The number of aliphatic hydroxyl groups is 1. The average Bonchev–Trinajstić information content (AvgIpc) is 2.29. The van der Waals surface area contributed by atoms with Crippen molar-refractivity contribution in [3.05, 3.63) is 35.9 Å². The van der Waals surface area contributed by atoms with E-state index in [1.165, 1.54) is 5.56 Å². The van der Waals surface area contributed by atoms with Gasteiger partial charge in [-0.05, 0) is 30.7 Å². The van der Waals surface area contributed by atoms with Crippen LogP contribution in [0.4, 0.5) is 0 Å². The molecule has 1 nitrogen and oxygen atoms in total. The molecular weight excluding hydrogens is 196 g/mol. The van der Waals surface area contributed by atoms with Crippen LogP contribution in [0.2, 0.25) is 0 Å². The molecule has 0 aliphatic carbocycles. The summed E-state index contributed by atoms with van der Waals surface area (Å²) >= 11 is 0. The molecule has 0 fully saturated rings. The van der Waals surface area contributed by atoms with Crippen molar-refractivity contribution >= 4 is 0 Å². The molecule has 1 rings (SSSR count). The van der Waals surface area contributed by atoms with Gasteiger partial charge in [0.2, 0.25) is 0 Å². The normalized spacial score (nSPS) is 15.1. The first-order valence-corrected chi connectivity index (χ1v) is 6.38. The van der Waals surface area contributed by atoms with Crippen LogP contribution >= 0.6 is 0 Å². The summed E-state index contributed by atoms with van der Waals surface area (Å²) in [6, 6.07) is 10.4. The number of hydrogen-bond acceptors (Lipinski definition) is 1. The fourth-order valence-corrected chi connectivity index (χ4v) is 2.14. The third-order valence-electron chi connectivity index (χ3n) is 3.17. The largest absolute Gasteiger partial charge is 0.392 e. The predicted molar refractivity (Wildman–Crippen MR) is 69.6 cm³/mol. The van der Waals surface area contributed by atoms with E-state index in [0.29, 0.717) is 11.8 Å². The Morgan fingerprint density at radius 1 is 1.06 bits per heavy atom. The summed E-state index contributed by atoms with van der Waals surface area (Å²) in [5.74, 6) is 0.961. The molecule has 0 spiro atoms. The molecule has 0 radical (unpaired) electrons. The van der Waals surface area contributed by atoms with Crippen molar-refractivity contribution < 1.29 is 5.11 Å². The van der Waals surface area contributed by atoms with Crippen LogP contribution in [0.5, 0.6) is 0 Å². The molecular formula is C15H24O. The molecule has 1 heteroatoms. The van der Waals surface area contributed by atoms with Gasteiger partial charge in [0.15, 0.2) is 0 Å². The Labute approximate surface area is 99.5 Å². The Hall–Kier alpha value is -0.820. The van der Waals surface area contributed by atoms with E-state index in [1.54, 1.807) is 0 Å².